The lowest BCUT2D eigenvalue weighted by Crippen LogP contribution is -2.02. The molecular weight excluding hydrogens is 526 g/mol. The number of rotatable bonds is 6. The van der Waals surface area contributed by atoms with Crippen LogP contribution < -0.4 is 16.0 Å². The number of fused-ring (bicyclic) bond motifs is 2. The van der Waals surface area contributed by atoms with Gasteiger partial charge in [-0.2, -0.15) is 15.2 Å². The van der Waals surface area contributed by atoms with Crippen molar-refractivity contribution in [2.45, 2.75) is 20.8 Å². The number of aromatic amines is 2. The lowest BCUT2D eigenvalue weighted by molar-refractivity contribution is 1.05. The van der Waals surface area contributed by atoms with Crippen LogP contribution in [0.15, 0.2) is 91.4 Å². The van der Waals surface area contributed by atoms with Crippen molar-refractivity contribution in [3.63, 3.8) is 0 Å². The van der Waals surface area contributed by atoms with Gasteiger partial charge >= 0.3 is 0 Å². The number of hydrogen-bond acceptors (Lipinski definition) is 9. The van der Waals surface area contributed by atoms with Gasteiger partial charge in [0.25, 0.3) is 0 Å². The number of H-pyrrole nitrogens is 2. The molecule has 0 spiro atoms. The summed E-state index contributed by atoms with van der Waals surface area (Å²) >= 11 is 0. The molecule has 42 heavy (non-hydrogen) atoms. The Morgan fingerprint density at radius 2 is 1.43 bits per heavy atom. The van der Waals surface area contributed by atoms with E-state index in [2.05, 4.69) is 82.3 Å². The van der Waals surface area contributed by atoms with Crippen molar-refractivity contribution in [2.24, 2.45) is 0 Å². The third-order valence-corrected chi connectivity index (χ3v) is 6.62. The van der Waals surface area contributed by atoms with E-state index in [1.807, 2.05) is 73.7 Å². The molecule has 3 aromatic carbocycles. The van der Waals surface area contributed by atoms with E-state index in [4.69, 9.17) is 0 Å². The molecule has 0 bridgehead atoms. The molecule has 4 heterocycles. The molecule has 208 valence electrons. The summed E-state index contributed by atoms with van der Waals surface area (Å²) in [5, 5.41) is 25.5. The van der Waals surface area contributed by atoms with Crippen LogP contribution in [-0.4, -0.2) is 40.3 Å². The second-order valence-electron chi connectivity index (χ2n) is 9.73. The first-order chi connectivity index (χ1) is 20.5. The zero-order valence-electron chi connectivity index (χ0n) is 23.3. The molecule has 0 unspecified atom stereocenters. The van der Waals surface area contributed by atoms with Crippen molar-refractivity contribution in [2.75, 3.05) is 16.0 Å². The molecule has 7 rings (SSSR count). The second-order valence-corrected chi connectivity index (χ2v) is 9.73. The SMILES string of the molecule is Cc1cc(Nc2ncnc3ccccc23)n[nH]1.Cc1ccc(Nc2nc(Nc3ccn[nH]3)c3ccccc3n2)cc1C. The molecule has 4 aromatic heterocycles. The van der Waals surface area contributed by atoms with Crippen LogP contribution >= 0.6 is 0 Å². The Labute approximate surface area is 241 Å². The Bertz CT molecular complexity index is 1960. The Balaban J connectivity index is 0.000000162. The van der Waals surface area contributed by atoms with E-state index in [0.29, 0.717) is 5.95 Å². The number of nitrogens with one attached hydrogen (secondary N) is 5. The third-order valence-electron chi connectivity index (χ3n) is 6.62. The average Bonchev–Trinajstić information content (AvgIpc) is 3.67. The molecule has 0 fully saturated rings. The highest BCUT2D eigenvalue weighted by molar-refractivity contribution is 5.92. The number of aromatic nitrogens is 8. The monoisotopic (exact) mass is 555 g/mol. The number of aryl methyl sites for hydroxylation is 3. The predicted octanol–water partition coefficient (Wildman–Crippen LogP) is 6.86. The van der Waals surface area contributed by atoms with Crippen molar-refractivity contribution in [1.29, 1.82) is 0 Å². The lowest BCUT2D eigenvalue weighted by Gasteiger charge is -2.11. The van der Waals surface area contributed by atoms with Gasteiger partial charge in [0, 0.05) is 34.3 Å². The number of nitrogens with zero attached hydrogens (tertiary/aromatic N) is 6. The molecule has 0 aliphatic heterocycles. The zero-order chi connectivity index (χ0) is 28.9. The largest absolute Gasteiger partial charge is 0.325 e. The van der Waals surface area contributed by atoms with Crippen molar-refractivity contribution >= 4 is 56.7 Å². The average molecular weight is 556 g/mol. The summed E-state index contributed by atoms with van der Waals surface area (Å²) in [5.41, 5.74) is 6.23. The Morgan fingerprint density at radius 1 is 0.643 bits per heavy atom. The maximum atomic E-state index is 4.64. The van der Waals surface area contributed by atoms with Gasteiger partial charge in [0.15, 0.2) is 5.82 Å². The van der Waals surface area contributed by atoms with Gasteiger partial charge in [-0.05, 0) is 68.3 Å². The van der Waals surface area contributed by atoms with Crippen LogP contribution in [0.5, 0.6) is 0 Å². The standard InChI is InChI=1S/C19H18N6.C12H11N5/c1-12-7-8-14(11-13(12)2)21-19-22-16-6-4-3-5-15(16)18(24-19)23-17-9-10-20-25-17;1-8-6-11(17-16-8)15-12-9-4-2-3-5-10(9)13-7-14-12/h3-11H,1-2H3,(H3,20,21,22,23,24,25);2-7H,1H3,(H2,13,14,15,16,17). The van der Waals surface area contributed by atoms with Gasteiger partial charge < -0.3 is 16.0 Å². The first-order valence-corrected chi connectivity index (χ1v) is 13.4. The fraction of sp³-hybridized carbons (Fsp3) is 0.0968. The summed E-state index contributed by atoms with van der Waals surface area (Å²) in [6.07, 6.45) is 3.24. The Hall–Kier alpha value is -5.84. The molecule has 0 atom stereocenters. The van der Waals surface area contributed by atoms with Gasteiger partial charge in [0.05, 0.1) is 17.2 Å². The molecule has 0 aliphatic carbocycles. The summed E-state index contributed by atoms with van der Waals surface area (Å²) in [5.74, 6) is 3.57. The quantitative estimate of drug-likeness (QED) is 0.148. The predicted molar refractivity (Wildman–Crippen MR) is 167 cm³/mol. The Kier molecular flexibility index (Phi) is 7.36. The molecule has 0 radical (unpaired) electrons. The second kappa shape index (κ2) is 11.7. The highest BCUT2D eigenvalue weighted by Crippen LogP contribution is 2.26. The first kappa shape index (κ1) is 26.4. The topological polar surface area (TPSA) is 145 Å². The van der Waals surface area contributed by atoms with E-state index >= 15 is 0 Å². The van der Waals surface area contributed by atoms with Crippen LogP contribution in [0.1, 0.15) is 16.8 Å². The maximum Gasteiger partial charge on any atom is 0.229 e. The Morgan fingerprint density at radius 3 is 2.17 bits per heavy atom. The normalized spacial score (nSPS) is 10.7. The van der Waals surface area contributed by atoms with Crippen LogP contribution in [-0.2, 0) is 0 Å². The first-order valence-electron chi connectivity index (χ1n) is 13.4. The number of para-hydroxylation sites is 2. The number of benzene rings is 3. The van der Waals surface area contributed by atoms with Crippen LogP contribution in [0, 0.1) is 20.8 Å². The molecular formula is C31H29N11. The van der Waals surface area contributed by atoms with Crippen molar-refractivity contribution in [1.82, 2.24) is 40.3 Å². The highest BCUT2D eigenvalue weighted by Gasteiger charge is 2.09. The van der Waals surface area contributed by atoms with Gasteiger partial charge in [0.1, 0.15) is 23.8 Å². The van der Waals surface area contributed by atoms with Crippen LogP contribution in [0.25, 0.3) is 21.8 Å². The fourth-order valence-corrected chi connectivity index (χ4v) is 4.34. The minimum absolute atomic E-state index is 0.545. The van der Waals surface area contributed by atoms with Gasteiger partial charge in [-0.15, -0.1) is 0 Å². The third kappa shape index (κ3) is 5.99. The summed E-state index contributed by atoms with van der Waals surface area (Å²) in [6.45, 7) is 6.14. The number of anilines is 6. The molecule has 11 heteroatoms. The lowest BCUT2D eigenvalue weighted by atomic mass is 10.1. The summed E-state index contributed by atoms with van der Waals surface area (Å²) < 4.78 is 0. The van der Waals surface area contributed by atoms with Gasteiger partial charge in [0.2, 0.25) is 5.95 Å². The van der Waals surface area contributed by atoms with E-state index < -0.39 is 0 Å². The van der Waals surface area contributed by atoms with E-state index in [1.54, 1.807) is 12.5 Å². The van der Waals surface area contributed by atoms with E-state index in [0.717, 1.165) is 56.5 Å². The highest BCUT2D eigenvalue weighted by atomic mass is 15.2. The minimum atomic E-state index is 0.545. The minimum Gasteiger partial charge on any atom is -0.325 e. The molecule has 11 nitrogen and oxygen atoms in total. The molecule has 5 N–H and O–H groups in total. The molecule has 0 amide bonds. The molecule has 0 saturated carbocycles. The van der Waals surface area contributed by atoms with Crippen LogP contribution in [0.2, 0.25) is 0 Å². The van der Waals surface area contributed by atoms with Crippen molar-refractivity contribution in [3.8, 4) is 0 Å². The number of hydrogen-bond donors (Lipinski definition) is 5. The van der Waals surface area contributed by atoms with E-state index in [-0.39, 0.29) is 0 Å². The smallest absolute Gasteiger partial charge is 0.229 e. The van der Waals surface area contributed by atoms with E-state index in [1.165, 1.54) is 11.1 Å². The molecule has 7 aromatic rings. The van der Waals surface area contributed by atoms with Crippen LogP contribution in [0.3, 0.4) is 0 Å². The summed E-state index contributed by atoms with van der Waals surface area (Å²) in [7, 11) is 0. The maximum absolute atomic E-state index is 4.64. The zero-order valence-corrected chi connectivity index (χ0v) is 23.3. The van der Waals surface area contributed by atoms with Gasteiger partial charge in [-0.1, -0.05) is 30.3 Å². The summed E-state index contributed by atoms with van der Waals surface area (Å²) in [6, 6.07) is 25.8. The molecule has 0 saturated heterocycles. The van der Waals surface area contributed by atoms with Crippen molar-refractivity contribution in [3.05, 3.63) is 108 Å². The summed E-state index contributed by atoms with van der Waals surface area (Å²) in [4.78, 5) is 17.7. The van der Waals surface area contributed by atoms with Crippen molar-refractivity contribution < 1.29 is 0 Å². The molecule has 0 aliphatic rings. The van der Waals surface area contributed by atoms with Crippen LogP contribution in [0.4, 0.5) is 34.9 Å². The fourth-order valence-electron chi connectivity index (χ4n) is 4.34. The van der Waals surface area contributed by atoms with Gasteiger partial charge in [-0.25, -0.2) is 15.0 Å². The van der Waals surface area contributed by atoms with Gasteiger partial charge in [-0.3, -0.25) is 10.2 Å². The van der Waals surface area contributed by atoms with E-state index in [9.17, 15) is 0 Å².